The maximum atomic E-state index is 11.4. The van der Waals surface area contributed by atoms with Gasteiger partial charge < -0.3 is 5.32 Å². The van der Waals surface area contributed by atoms with E-state index < -0.39 is 0 Å². The third-order valence-electron chi connectivity index (χ3n) is 2.44. The van der Waals surface area contributed by atoms with Crippen LogP contribution in [0.5, 0.6) is 0 Å². The van der Waals surface area contributed by atoms with Gasteiger partial charge in [-0.3, -0.25) is 4.79 Å². The largest absolute Gasteiger partial charge is 0.352 e. The van der Waals surface area contributed by atoms with Crippen molar-refractivity contribution >= 4 is 21.8 Å². The average molecular weight is 240 g/mol. The van der Waals surface area contributed by atoms with Gasteiger partial charge in [0.25, 0.3) is 5.91 Å². The molecule has 1 aliphatic rings. The van der Waals surface area contributed by atoms with Crippen LogP contribution in [-0.4, -0.2) is 12.5 Å². The van der Waals surface area contributed by atoms with E-state index in [-0.39, 0.29) is 5.91 Å². The molecule has 0 saturated carbocycles. The number of benzene rings is 1. The standard InChI is InChI=1S/C10H10BrNO/c1-6-7-4-5-12-10(13)8(7)2-3-9(6)11/h2-3H,4-5H2,1H3,(H,12,13). The lowest BCUT2D eigenvalue weighted by atomic mass is 9.96. The molecule has 13 heavy (non-hydrogen) atoms. The van der Waals surface area contributed by atoms with E-state index in [0.717, 1.165) is 23.0 Å². The average Bonchev–Trinajstić information content (AvgIpc) is 2.12. The van der Waals surface area contributed by atoms with E-state index in [1.54, 1.807) is 0 Å². The highest BCUT2D eigenvalue weighted by Crippen LogP contribution is 2.25. The first-order valence-corrected chi connectivity index (χ1v) is 5.05. The van der Waals surface area contributed by atoms with Gasteiger partial charge in [0.1, 0.15) is 0 Å². The number of fused-ring (bicyclic) bond motifs is 1. The highest BCUT2D eigenvalue weighted by Gasteiger charge is 2.18. The van der Waals surface area contributed by atoms with Gasteiger partial charge in [-0.15, -0.1) is 0 Å². The number of carbonyl (C=O) groups is 1. The molecule has 0 spiro atoms. The lowest BCUT2D eigenvalue weighted by Crippen LogP contribution is -2.32. The lowest BCUT2D eigenvalue weighted by molar-refractivity contribution is 0.0946. The molecular formula is C10H10BrNO. The molecule has 0 aromatic heterocycles. The van der Waals surface area contributed by atoms with Gasteiger partial charge >= 0.3 is 0 Å². The Bertz CT molecular complexity index is 373. The Labute approximate surface area is 85.5 Å². The summed E-state index contributed by atoms with van der Waals surface area (Å²) in [6, 6.07) is 3.81. The molecule has 0 unspecified atom stereocenters. The van der Waals surface area contributed by atoms with Gasteiger partial charge in [0.15, 0.2) is 0 Å². The molecule has 0 fully saturated rings. The van der Waals surface area contributed by atoms with Crippen molar-refractivity contribution in [2.45, 2.75) is 13.3 Å². The minimum Gasteiger partial charge on any atom is -0.352 e. The van der Waals surface area contributed by atoms with Gasteiger partial charge in [0.2, 0.25) is 0 Å². The van der Waals surface area contributed by atoms with E-state index in [0.29, 0.717) is 0 Å². The van der Waals surface area contributed by atoms with Crippen LogP contribution >= 0.6 is 15.9 Å². The maximum Gasteiger partial charge on any atom is 0.251 e. The van der Waals surface area contributed by atoms with Crippen molar-refractivity contribution < 1.29 is 4.79 Å². The molecule has 1 aromatic rings. The van der Waals surface area contributed by atoms with E-state index >= 15 is 0 Å². The van der Waals surface area contributed by atoms with Crippen molar-refractivity contribution in [3.8, 4) is 0 Å². The van der Waals surface area contributed by atoms with Gasteiger partial charge in [-0.05, 0) is 36.6 Å². The van der Waals surface area contributed by atoms with E-state index in [1.165, 1.54) is 11.1 Å². The second-order valence-corrected chi connectivity index (χ2v) is 4.06. The zero-order valence-electron chi connectivity index (χ0n) is 7.36. The Morgan fingerprint density at radius 1 is 1.46 bits per heavy atom. The smallest absolute Gasteiger partial charge is 0.251 e. The third kappa shape index (κ3) is 1.37. The Kier molecular flexibility index (Phi) is 2.12. The molecule has 3 heteroatoms. The summed E-state index contributed by atoms with van der Waals surface area (Å²) in [7, 11) is 0. The quantitative estimate of drug-likeness (QED) is 0.738. The first-order valence-electron chi connectivity index (χ1n) is 4.26. The summed E-state index contributed by atoms with van der Waals surface area (Å²) >= 11 is 3.46. The maximum absolute atomic E-state index is 11.4. The van der Waals surface area contributed by atoms with Gasteiger partial charge in [0, 0.05) is 16.6 Å². The number of hydrogen-bond acceptors (Lipinski definition) is 1. The van der Waals surface area contributed by atoms with Crippen LogP contribution in [-0.2, 0) is 6.42 Å². The summed E-state index contributed by atoms with van der Waals surface area (Å²) in [5.41, 5.74) is 3.19. The molecule has 0 atom stereocenters. The normalized spacial score (nSPS) is 15.1. The van der Waals surface area contributed by atoms with E-state index in [1.807, 2.05) is 19.1 Å². The van der Waals surface area contributed by atoms with E-state index in [9.17, 15) is 4.79 Å². The lowest BCUT2D eigenvalue weighted by Gasteiger charge is -2.18. The zero-order chi connectivity index (χ0) is 9.42. The van der Waals surface area contributed by atoms with Gasteiger partial charge in [-0.1, -0.05) is 15.9 Å². The van der Waals surface area contributed by atoms with Crippen molar-refractivity contribution in [3.05, 3.63) is 33.3 Å². The third-order valence-corrected chi connectivity index (χ3v) is 3.30. The highest BCUT2D eigenvalue weighted by molar-refractivity contribution is 9.10. The molecule has 1 aromatic carbocycles. The fraction of sp³-hybridized carbons (Fsp3) is 0.300. The Morgan fingerprint density at radius 2 is 2.23 bits per heavy atom. The summed E-state index contributed by atoms with van der Waals surface area (Å²) in [6.45, 7) is 2.80. The van der Waals surface area contributed by atoms with Crippen molar-refractivity contribution in [2.24, 2.45) is 0 Å². The van der Waals surface area contributed by atoms with Crippen LogP contribution in [0.2, 0.25) is 0 Å². The molecule has 2 nitrogen and oxygen atoms in total. The molecule has 2 rings (SSSR count). The minimum absolute atomic E-state index is 0.0526. The summed E-state index contributed by atoms with van der Waals surface area (Å²) < 4.78 is 1.08. The first kappa shape index (κ1) is 8.75. The molecule has 0 aliphatic carbocycles. The van der Waals surface area contributed by atoms with Crippen molar-refractivity contribution in [1.29, 1.82) is 0 Å². The van der Waals surface area contributed by atoms with Crippen molar-refractivity contribution in [1.82, 2.24) is 5.32 Å². The van der Waals surface area contributed by atoms with E-state index in [2.05, 4.69) is 21.2 Å². The minimum atomic E-state index is 0.0526. The second-order valence-electron chi connectivity index (χ2n) is 3.20. The highest BCUT2D eigenvalue weighted by atomic mass is 79.9. The SMILES string of the molecule is Cc1c(Br)ccc2c1CCNC2=O. The summed E-state index contributed by atoms with van der Waals surface area (Å²) in [5, 5.41) is 2.83. The number of halogens is 1. The van der Waals surface area contributed by atoms with Crippen LogP contribution in [0, 0.1) is 6.92 Å². The second kappa shape index (κ2) is 3.14. The van der Waals surface area contributed by atoms with Gasteiger partial charge in [-0.25, -0.2) is 0 Å². The first-order chi connectivity index (χ1) is 6.20. The number of amides is 1. The van der Waals surface area contributed by atoms with Crippen LogP contribution in [0.15, 0.2) is 16.6 Å². The summed E-state index contributed by atoms with van der Waals surface area (Å²) in [4.78, 5) is 11.4. The Morgan fingerprint density at radius 3 is 3.00 bits per heavy atom. The molecule has 1 N–H and O–H groups in total. The summed E-state index contributed by atoms with van der Waals surface area (Å²) in [6.07, 6.45) is 0.937. The topological polar surface area (TPSA) is 29.1 Å². The molecule has 0 radical (unpaired) electrons. The fourth-order valence-electron chi connectivity index (χ4n) is 1.66. The molecular weight excluding hydrogens is 230 g/mol. The molecule has 1 amide bonds. The van der Waals surface area contributed by atoms with Crippen molar-refractivity contribution in [2.75, 3.05) is 6.54 Å². The number of carbonyl (C=O) groups excluding carboxylic acids is 1. The van der Waals surface area contributed by atoms with Crippen LogP contribution < -0.4 is 5.32 Å². The number of rotatable bonds is 0. The Hall–Kier alpha value is -0.830. The monoisotopic (exact) mass is 239 g/mol. The number of nitrogens with one attached hydrogen (secondary N) is 1. The van der Waals surface area contributed by atoms with Gasteiger partial charge in [0.05, 0.1) is 0 Å². The fourth-order valence-corrected chi connectivity index (χ4v) is 2.03. The van der Waals surface area contributed by atoms with Crippen LogP contribution in [0.4, 0.5) is 0 Å². The van der Waals surface area contributed by atoms with Crippen LogP contribution in [0.3, 0.4) is 0 Å². The Balaban J connectivity index is 2.63. The van der Waals surface area contributed by atoms with Crippen LogP contribution in [0.25, 0.3) is 0 Å². The summed E-state index contributed by atoms with van der Waals surface area (Å²) in [5.74, 6) is 0.0526. The zero-order valence-corrected chi connectivity index (χ0v) is 8.94. The predicted octanol–water partition coefficient (Wildman–Crippen LogP) is 2.04. The predicted molar refractivity (Wildman–Crippen MR) is 54.9 cm³/mol. The molecule has 68 valence electrons. The number of hydrogen-bond donors (Lipinski definition) is 1. The molecule has 1 heterocycles. The molecule has 0 bridgehead atoms. The molecule has 1 aliphatic heterocycles. The molecule has 0 saturated heterocycles. The van der Waals surface area contributed by atoms with Gasteiger partial charge in [-0.2, -0.15) is 0 Å². The van der Waals surface area contributed by atoms with Crippen LogP contribution in [0.1, 0.15) is 21.5 Å². The van der Waals surface area contributed by atoms with E-state index in [4.69, 9.17) is 0 Å². The van der Waals surface area contributed by atoms with Crippen molar-refractivity contribution in [3.63, 3.8) is 0 Å².